The van der Waals surface area contributed by atoms with Crippen LogP contribution >= 0.6 is 24.0 Å². The monoisotopic (exact) mass is 653 g/mol. The lowest BCUT2D eigenvalue weighted by Crippen LogP contribution is -2.29. The van der Waals surface area contributed by atoms with Crippen LogP contribution in [0.4, 0.5) is 0 Å². The first kappa shape index (κ1) is 33.2. The Morgan fingerprint density at radius 2 is 1.54 bits per heavy atom. The third kappa shape index (κ3) is 9.40. The smallest absolute Gasteiger partial charge is 0.303 e. The van der Waals surface area contributed by atoms with Gasteiger partial charge in [-0.3, -0.25) is 14.5 Å². The van der Waals surface area contributed by atoms with E-state index >= 15 is 0 Å². The Labute approximate surface area is 280 Å². The molecule has 0 atom stereocenters. The highest BCUT2D eigenvalue weighted by atomic mass is 32.2. The van der Waals surface area contributed by atoms with Crippen molar-refractivity contribution in [1.29, 1.82) is 0 Å². The van der Waals surface area contributed by atoms with Gasteiger partial charge < -0.3 is 9.84 Å². The van der Waals surface area contributed by atoms with Crippen molar-refractivity contribution in [2.75, 3.05) is 6.54 Å². The molecule has 3 aromatic carbocycles. The highest BCUT2D eigenvalue weighted by Gasteiger charge is 2.32. The van der Waals surface area contributed by atoms with Crippen molar-refractivity contribution in [1.82, 2.24) is 14.7 Å². The van der Waals surface area contributed by atoms with Crippen LogP contribution in [0.15, 0.2) is 96.0 Å². The normalized spacial score (nSPS) is 13.9. The average Bonchev–Trinajstić information content (AvgIpc) is 3.61. The van der Waals surface area contributed by atoms with E-state index in [-0.39, 0.29) is 12.3 Å². The number of rotatable bonds is 17. The molecule has 7 nitrogen and oxygen atoms in total. The Balaban J connectivity index is 1.25. The van der Waals surface area contributed by atoms with E-state index in [1.54, 1.807) is 4.90 Å². The van der Waals surface area contributed by atoms with Gasteiger partial charge in [-0.15, -0.1) is 0 Å². The maximum Gasteiger partial charge on any atom is 0.303 e. The molecule has 4 aromatic rings. The largest absolute Gasteiger partial charge is 0.489 e. The van der Waals surface area contributed by atoms with Crippen LogP contribution in [0.5, 0.6) is 5.75 Å². The van der Waals surface area contributed by atoms with E-state index in [0.29, 0.717) is 22.4 Å². The molecule has 1 fully saturated rings. The maximum atomic E-state index is 13.5. The number of unbranched alkanes of at least 4 members (excludes halogenated alkanes) is 7. The van der Waals surface area contributed by atoms with Gasteiger partial charge in [0, 0.05) is 30.3 Å². The molecule has 1 amide bonds. The summed E-state index contributed by atoms with van der Waals surface area (Å²) in [6, 6.07) is 27.9. The van der Waals surface area contributed by atoms with Crippen molar-refractivity contribution >= 4 is 46.3 Å². The molecule has 0 bridgehead atoms. The standard InChI is InChI=1S/C37H39N3O4S2/c41-34(42)22-13-5-3-1-2-4-6-14-23-39-36(43)33(46-37(39)45)25-30-26-40(31-19-11-8-12-20-31)38-35(30)29-18-15-21-32(24-29)44-27-28-16-9-7-10-17-28/h7-12,15-21,24-26H,1-6,13-14,22-23,27H2,(H,41,42). The molecule has 0 saturated carbocycles. The van der Waals surface area contributed by atoms with Crippen LogP contribution in [-0.2, 0) is 16.2 Å². The highest BCUT2D eigenvalue weighted by Crippen LogP contribution is 2.35. The number of thiocarbonyl (C=S) groups is 1. The van der Waals surface area contributed by atoms with Gasteiger partial charge in [0.05, 0.1) is 10.6 Å². The first-order chi connectivity index (χ1) is 22.5. The minimum Gasteiger partial charge on any atom is -0.489 e. The van der Waals surface area contributed by atoms with Crippen LogP contribution in [0.1, 0.15) is 68.9 Å². The molecule has 0 unspecified atom stereocenters. The number of aliphatic carboxylic acids is 1. The molecule has 238 valence electrons. The summed E-state index contributed by atoms with van der Waals surface area (Å²) in [5, 5.41) is 13.7. The third-order valence-electron chi connectivity index (χ3n) is 7.80. The predicted octanol–water partition coefficient (Wildman–Crippen LogP) is 8.92. The van der Waals surface area contributed by atoms with E-state index in [4.69, 9.17) is 27.2 Å². The summed E-state index contributed by atoms with van der Waals surface area (Å²) >= 11 is 6.97. The number of carboxylic acid groups (broad SMARTS) is 1. The van der Waals surface area contributed by atoms with Crippen LogP contribution in [0.2, 0.25) is 0 Å². The van der Waals surface area contributed by atoms with Crippen LogP contribution in [0.3, 0.4) is 0 Å². The van der Waals surface area contributed by atoms with Gasteiger partial charge in [-0.2, -0.15) is 5.10 Å². The molecule has 1 aliphatic heterocycles. The fraction of sp³-hybridized carbons (Fsp3) is 0.297. The second-order valence-corrected chi connectivity index (χ2v) is 13.0. The quantitative estimate of drug-likeness (QED) is 0.0692. The van der Waals surface area contributed by atoms with E-state index in [2.05, 4.69) is 0 Å². The fourth-order valence-electron chi connectivity index (χ4n) is 5.35. The number of carbonyl (C=O) groups is 2. The summed E-state index contributed by atoms with van der Waals surface area (Å²) in [7, 11) is 0. The molecule has 1 saturated heterocycles. The zero-order valence-electron chi connectivity index (χ0n) is 25.8. The predicted molar refractivity (Wildman–Crippen MR) is 189 cm³/mol. The van der Waals surface area contributed by atoms with Crippen molar-refractivity contribution < 1.29 is 19.4 Å². The van der Waals surface area contributed by atoms with Crippen molar-refractivity contribution in [2.24, 2.45) is 0 Å². The lowest BCUT2D eigenvalue weighted by atomic mass is 10.1. The van der Waals surface area contributed by atoms with E-state index in [1.807, 2.05) is 102 Å². The lowest BCUT2D eigenvalue weighted by molar-refractivity contribution is -0.137. The number of hydrogen-bond acceptors (Lipinski definition) is 6. The van der Waals surface area contributed by atoms with Gasteiger partial charge in [0.25, 0.3) is 5.91 Å². The molecular weight excluding hydrogens is 615 g/mol. The molecule has 0 spiro atoms. The number of thioether (sulfide) groups is 1. The Hall–Kier alpha value is -4.21. The Morgan fingerprint density at radius 1 is 0.870 bits per heavy atom. The van der Waals surface area contributed by atoms with Crippen LogP contribution in [0, 0.1) is 0 Å². The number of aromatic nitrogens is 2. The second kappa shape index (κ2) is 16.9. The average molecular weight is 654 g/mol. The van der Waals surface area contributed by atoms with Crippen LogP contribution in [0.25, 0.3) is 23.0 Å². The Kier molecular flexibility index (Phi) is 12.2. The number of amides is 1. The number of ether oxygens (including phenoxy) is 1. The Morgan fingerprint density at radius 3 is 2.26 bits per heavy atom. The SMILES string of the molecule is O=C(O)CCCCCCCCCCN1C(=O)C(=Cc2cn(-c3ccccc3)nc2-c2cccc(OCc3ccccc3)c2)SC1=S. The van der Waals surface area contributed by atoms with E-state index in [1.165, 1.54) is 11.8 Å². The first-order valence-electron chi connectivity index (χ1n) is 15.9. The third-order valence-corrected chi connectivity index (χ3v) is 9.18. The van der Waals surface area contributed by atoms with Crippen LogP contribution < -0.4 is 4.74 Å². The van der Waals surface area contributed by atoms with Gasteiger partial charge in [-0.1, -0.05) is 123 Å². The first-order valence-corrected chi connectivity index (χ1v) is 17.1. The molecule has 9 heteroatoms. The molecule has 2 heterocycles. The van der Waals surface area contributed by atoms with Crippen molar-refractivity contribution in [3.8, 4) is 22.7 Å². The number of carboxylic acids is 1. The maximum absolute atomic E-state index is 13.5. The molecule has 0 aliphatic carbocycles. The molecular formula is C37H39N3O4S2. The number of benzene rings is 3. The molecule has 1 aliphatic rings. The van der Waals surface area contributed by atoms with Gasteiger partial charge in [-0.25, -0.2) is 4.68 Å². The van der Waals surface area contributed by atoms with Crippen LogP contribution in [-0.4, -0.2) is 42.5 Å². The molecule has 46 heavy (non-hydrogen) atoms. The number of para-hydroxylation sites is 1. The van der Waals surface area contributed by atoms with Gasteiger partial charge in [0.1, 0.15) is 22.4 Å². The summed E-state index contributed by atoms with van der Waals surface area (Å²) in [6.07, 6.45) is 12.2. The summed E-state index contributed by atoms with van der Waals surface area (Å²) in [5.74, 6) is -0.0406. The van der Waals surface area contributed by atoms with E-state index in [0.717, 1.165) is 85.2 Å². The molecule has 1 N–H and O–H groups in total. The summed E-state index contributed by atoms with van der Waals surface area (Å²) in [6.45, 7) is 1.07. The minimum atomic E-state index is -0.719. The van der Waals surface area contributed by atoms with Gasteiger partial charge in [0.15, 0.2) is 0 Å². The van der Waals surface area contributed by atoms with E-state index in [9.17, 15) is 9.59 Å². The topological polar surface area (TPSA) is 84.7 Å². The van der Waals surface area contributed by atoms with Gasteiger partial charge in [0.2, 0.25) is 0 Å². The zero-order chi connectivity index (χ0) is 32.1. The summed E-state index contributed by atoms with van der Waals surface area (Å²) < 4.78 is 8.53. The Bertz CT molecular complexity index is 1650. The second-order valence-electron chi connectivity index (χ2n) is 11.3. The number of hydrogen-bond donors (Lipinski definition) is 1. The number of carbonyl (C=O) groups excluding carboxylic acids is 1. The minimum absolute atomic E-state index is 0.0632. The summed E-state index contributed by atoms with van der Waals surface area (Å²) in [4.78, 5) is 26.4. The summed E-state index contributed by atoms with van der Waals surface area (Å²) in [5.41, 5.74) is 4.49. The molecule has 1 aromatic heterocycles. The number of nitrogens with zero attached hydrogens (tertiary/aromatic N) is 3. The molecule has 0 radical (unpaired) electrons. The van der Waals surface area contributed by atoms with Crippen molar-refractivity contribution in [3.05, 3.63) is 107 Å². The van der Waals surface area contributed by atoms with E-state index < -0.39 is 5.97 Å². The van der Waals surface area contributed by atoms with Crippen molar-refractivity contribution in [2.45, 2.75) is 64.4 Å². The van der Waals surface area contributed by atoms with Gasteiger partial charge >= 0.3 is 5.97 Å². The highest BCUT2D eigenvalue weighted by molar-refractivity contribution is 8.26. The fourth-order valence-corrected chi connectivity index (χ4v) is 6.64. The zero-order valence-corrected chi connectivity index (χ0v) is 27.5. The van der Waals surface area contributed by atoms with Gasteiger partial charge in [-0.05, 0) is 48.7 Å². The molecule has 5 rings (SSSR count). The van der Waals surface area contributed by atoms with Crippen molar-refractivity contribution in [3.63, 3.8) is 0 Å². The lowest BCUT2D eigenvalue weighted by Gasteiger charge is -2.14.